The third kappa shape index (κ3) is 4.10. The number of fused-ring (bicyclic) bond motifs is 1. The summed E-state index contributed by atoms with van der Waals surface area (Å²) in [5.74, 6) is 2.27. The highest BCUT2D eigenvalue weighted by molar-refractivity contribution is 5.73. The summed E-state index contributed by atoms with van der Waals surface area (Å²) in [5.41, 5.74) is 4.29. The third-order valence-electron chi connectivity index (χ3n) is 5.20. The van der Waals surface area contributed by atoms with Crippen LogP contribution in [0.3, 0.4) is 0 Å². The lowest BCUT2D eigenvalue weighted by Crippen LogP contribution is -2.25. The van der Waals surface area contributed by atoms with Crippen LogP contribution in [0.1, 0.15) is 29.5 Å². The summed E-state index contributed by atoms with van der Waals surface area (Å²) in [6.45, 7) is 3.32. The molecule has 0 bridgehead atoms. The van der Waals surface area contributed by atoms with Gasteiger partial charge in [-0.15, -0.1) is 0 Å². The van der Waals surface area contributed by atoms with Gasteiger partial charge in [0.15, 0.2) is 0 Å². The van der Waals surface area contributed by atoms with Crippen molar-refractivity contribution in [1.82, 2.24) is 4.90 Å². The topological polar surface area (TPSA) is 21.7 Å². The summed E-state index contributed by atoms with van der Waals surface area (Å²) >= 11 is 0. The van der Waals surface area contributed by atoms with E-state index in [0.717, 1.165) is 46.1 Å². The van der Waals surface area contributed by atoms with Crippen LogP contribution in [0.25, 0.3) is 5.76 Å². The van der Waals surface area contributed by atoms with Crippen LogP contribution in [0.5, 0.6) is 11.5 Å². The monoisotopic (exact) mass is 403 g/mol. The average Bonchev–Trinajstić information content (AvgIpc) is 2.75. The molecular formula is C26H26FNO2. The Labute approximate surface area is 177 Å². The number of nitrogens with zero attached hydrogens (tertiary/aromatic N) is 1. The van der Waals surface area contributed by atoms with Crippen LogP contribution >= 0.6 is 0 Å². The molecule has 0 saturated heterocycles. The fourth-order valence-electron chi connectivity index (χ4n) is 3.96. The molecule has 30 heavy (non-hydrogen) atoms. The van der Waals surface area contributed by atoms with Crippen molar-refractivity contribution in [3.8, 4) is 11.5 Å². The minimum Gasteiger partial charge on any atom is -0.494 e. The van der Waals surface area contributed by atoms with E-state index in [9.17, 15) is 4.39 Å². The van der Waals surface area contributed by atoms with Crippen LogP contribution in [0.2, 0.25) is 0 Å². The van der Waals surface area contributed by atoms with Crippen molar-refractivity contribution >= 4 is 5.76 Å². The molecule has 1 aliphatic heterocycles. The second-order valence-corrected chi connectivity index (χ2v) is 7.67. The molecule has 0 N–H and O–H groups in total. The maximum Gasteiger partial charge on any atom is 0.136 e. The fraction of sp³-hybridized carbons (Fsp3) is 0.231. The zero-order valence-corrected chi connectivity index (χ0v) is 17.6. The Morgan fingerprint density at radius 1 is 0.933 bits per heavy atom. The van der Waals surface area contributed by atoms with Gasteiger partial charge < -0.3 is 14.4 Å². The summed E-state index contributed by atoms with van der Waals surface area (Å²) in [5, 5.41) is 0. The first-order valence-electron chi connectivity index (χ1n) is 10.2. The largest absolute Gasteiger partial charge is 0.494 e. The summed E-state index contributed by atoms with van der Waals surface area (Å²) < 4.78 is 25.7. The number of rotatable bonds is 6. The van der Waals surface area contributed by atoms with Gasteiger partial charge in [0, 0.05) is 23.6 Å². The van der Waals surface area contributed by atoms with Crippen LogP contribution in [0.15, 0.2) is 78.4 Å². The molecule has 1 heterocycles. The van der Waals surface area contributed by atoms with Crippen LogP contribution in [0.4, 0.5) is 4.39 Å². The molecule has 0 aromatic heterocycles. The number of hydrogen-bond acceptors (Lipinski definition) is 3. The van der Waals surface area contributed by atoms with E-state index in [1.165, 1.54) is 12.1 Å². The second-order valence-electron chi connectivity index (χ2n) is 7.67. The van der Waals surface area contributed by atoms with E-state index in [-0.39, 0.29) is 11.7 Å². The third-order valence-corrected chi connectivity index (χ3v) is 5.20. The predicted molar refractivity (Wildman–Crippen MR) is 118 cm³/mol. The van der Waals surface area contributed by atoms with E-state index in [4.69, 9.17) is 9.47 Å². The molecular weight excluding hydrogens is 377 g/mol. The maximum atomic E-state index is 13.6. The number of likely N-dealkylation sites (N-methyl/N-ethyl adjacent to an activating group) is 1. The molecule has 0 amide bonds. The first-order chi connectivity index (χ1) is 14.6. The molecule has 0 radical (unpaired) electrons. The summed E-state index contributed by atoms with van der Waals surface area (Å²) in [6.07, 6.45) is 0. The van der Waals surface area contributed by atoms with Crippen molar-refractivity contribution in [2.24, 2.45) is 0 Å². The van der Waals surface area contributed by atoms with Crippen molar-refractivity contribution in [3.63, 3.8) is 0 Å². The van der Waals surface area contributed by atoms with Gasteiger partial charge in [-0.3, -0.25) is 0 Å². The highest BCUT2D eigenvalue weighted by Gasteiger charge is 2.31. The quantitative estimate of drug-likeness (QED) is 0.525. The van der Waals surface area contributed by atoms with Gasteiger partial charge in [0.05, 0.1) is 6.61 Å². The second kappa shape index (κ2) is 8.72. The first kappa shape index (κ1) is 20.2. The summed E-state index contributed by atoms with van der Waals surface area (Å²) in [7, 11) is 4.09. The normalized spacial score (nSPS) is 15.7. The number of para-hydroxylation sites is 1. The fourth-order valence-corrected chi connectivity index (χ4v) is 3.96. The Kier molecular flexibility index (Phi) is 5.86. The molecule has 0 saturated carbocycles. The Morgan fingerprint density at radius 2 is 1.63 bits per heavy atom. The van der Waals surface area contributed by atoms with Gasteiger partial charge in [-0.25, -0.2) is 4.39 Å². The number of benzene rings is 3. The smallest absolute Gasteiger partial charge is 0.136 e. The Morgan fingerprint density at radius 3 is 2.30 bits per heavy atom. The average molecular weight is 403 g/mol. The van der Waals surface area contributed by atoms with Crippen molar-refractivity contribution in [2.75, 3.05) is 27.2 Å². The molecule has 0 fully saturated rings. The standard InChI is InChI=1S/C26H26FNO2/c1-4-29-21-15-11-19(12-16-21)26-23(17-28(2)3)25(18-9-13-20(27)14-10-18)22-7-5-6-8-24(22)30-26/h5-16,25H,4,17H2,1-3H3/t25-/m1/s1. The molecule has 0 unspecified atom stereocenters. The zero-order valence-electron chi connectivity index (χ0n) is 17.6. The van der Waals surface area contributed by atoms with E-state index in [1.54, 1.807) is 0 Å². The molecule has 3 nitrogen and oxygen atoms in total. The van der Waals surface area contributed by atoms with Crippen molar-refractivity contribution in [1.29, 1.82) is 0 Å². The highest BCUT2D eigenvalue weighted by atomic mass is 19.1. The molecule has 0 aliphatic carbocycles. The van der Waals surface area contributed by atoms with Gasteiger partial charge in [-0.05, 0) is 74.6 Å². The molecule has 3 aromatic carbocycles. The van der Waals surface area contributed by atoms with Crippen LogP contribution < -0.4 is 9.47 Å². The van der Waals surface area contributed by atoms with E-state index in [0.29, 0.717) is 6.61 Å². The van der Waals surface area contributed by atoms with Crippen molar-refractivity contribution < 1.29 is 13.9 Å². The number of hydrogen-bond donors (Lipinski definition) is 0. The summed E-state index contributed by atoms with van der Waals surface area (Å²) in [6, 6.07) is 22.9. The summed E-state index contributed by atoms with van der Waals surface area (Å²) in [4.78, 5) is 2.14. The van der Waals surface area contributed by atoms with Crippen LogP contribution in [-0.4, -0.2) is 32.1 Å². The van der Waals surface area contributed by atoms with Gasteiger partial charge in [-0.1, -0.05) is 30.3 Å². The molecule has 1 atom stereocenters. The minimum absolute atomic E-state index is 0.0143. The van der Waals surface area contributed by atoms with Gasteiger partial charge in [-0.2, -0.15) is 0 Å². The maximum absolute atomic E-state index is 13.6. The van der Waals surface area contributed by atoms with E-state index >= 15 is 0 Å². The SMILES string of the molecule is CCOc1ccc(C2=C(CN(C)C)[C@H](c3ccc(F)cc3)c3ccccc3O2)cc1. The molecule has 154 valence electrons. The lowest BCUT2D eigenvalue weighted by atomic mass is 9.81. The van der Waals surface area contributed by atoms with Crippen LogP contribution in [-0.2, 0) is 0 Å². The van der Waals surface area contributed by atoms with Crippen molar-refractivity contribution in [2.45, 2.75) is 12.8 Å². The first-order valence-corrected chi connectivity index (χ1v) is 10.2. The van der Waals surface area contributed by atoms with Gasteiger partial charge >= 0.3 is 0 Å². The zero-order chi connectivity index (χ0) is 21.1. The van der Waals surface area contributed by atoms with E-state index in [1.807, 2.05) is 75.6 Å². The van der Waals surface area contributed by atoms with Crippen LogP contribution in [0, 0.1) is 5.82 Å². The van der Waals surface area contributed by atoms with Gasteiger partial charge in [0.1, 0.15) is 23.1 Å². The Hall–Kier alpha value is -3.11. The lowest BCUT2D eigenvalue weighted by Gasteiger charge is -2.33. The molecule has 3 aromatic rings. The predicted octanol–water partition coefficient (Wildman–Crippen LogP) is 5.72. The molecule has 1 aliphatic rings. The van der Waals surface area contributed by atoms with E-state index in [2.05, 4.69) is 11.0 Å². The van der Waals surface area contributed by atoms with Gasteiger partial charge in [0.2, 0.25) is 0 Å². The minimum atomic E-state index is -0.232. The van der Waals surface area contributed by atoms with E-state index < -0.39 is 0 Å². The number of ether oxygens (including phenoxy) is 2. The number of halogens is 1. The lowest BCUT2D eigenvalue weighted by molar-refractivity contribution is 0.340. The molecule has 0 spiro atoms. The van der Waals surface area contributed by atoms with Crippen molar-refractivity contribution in [3.05, 3.63) is 101 Å². The Balaban J connectivity index is 1.88. The van der Waals surface area contributed by atoms with Gasteiger partial charge in [0.25, 0.3) is 0 Å². The molecule has 4 heteroatoms. The highest BCUT2D eigenvalue weighted by Crippen LogP contribution is 2.45. The Bertz CT molecular complexity index is 1040. The molecule has 4 rings (SSSR count).